The van der Waals surface area contributed by atoms with Crippen LogP contribution in [0, 0.1) is 5.92 Å². The molecule has 0 bridgehead atoms. The number of methoxy groups -OCH3 is 1. The van der Waals surface area contributed by atoms with Crippen LogP contribution in [0.4, 0.5) is 5.69 Å². The molecule has 2 amide bonds. The quantitative estimate of drug-likeness (QED) is 0.850. The summed E-state index contributed by atoms with van der Waals surface area (Å²) in [4.78, 5) is 28.2. The van der Waals surface area contributed by atoms with Gasteiger partial charge in [-0.25, -0.2) is 0 Å². The number of anilines is 1. The maximum Gasteiger partial charge on any atom is 0.249 e. The highest BCUT2D eigenvalue weighted by molar-refractivity contribution is 6.00. The number of piperazine rings is 1. The Kier molecular flexibility index (Phi) is 3.57. The van der Waals surface area contributed by atoms with E-state index in [1.165, 1.54) is 0 Å². The molecule has 1 aliphatic heterocycles. The van der Waals surface area contributed by atoms with Crippen molar-refractivity contribution in [3.05, 3.63) is 24.3 Å². The van der Waals surface area contributed by atoms with E-state index in [-0.39, 0.29) is 17.7 Å². The van der Waals surface area contributed by atoms with Gasteiger partial charge in [0.05, 0.1) is 7.11 Å². The van der Waals surface area contributed by atoms with Gasteiger partial charge in [0, 0.05) is 30.8 Å². The van der Waals surface area contributed by atoms with E-state index in [2.05, 4.69) is 0 Å². The fourth-order valence-corrected chi connectivity index (χ4v) is 2.77. The van der Waals surface area contributed by atoms with Crippen LogP contribution in [0.5, 0.6) is 5.75 Å². The molecule has 21 heavy (non-hydrogen) atoms. The van der Waals surface area contributed by atoms with Crippen molar-refractivity contribution in [1.82, 2.24) is 4.90 Å². The Morgan fingerprint density at radius 1 is 1.29 bits per heavy atom. The van der Waals surface area contributed by atoms with Gasteiger partial charge in [-0.2, -0.15) is 0 Å². The Morgan fingerprint density at radius 2 is 2.05 bits per heavy atom. The van der Waals surface area contributed by atoms with Crippen LogP contribution < -0.4 is 9.64 Å². The third-order valence-electron chi connectivity index (χ3n) is 4.23. The first kappa shape index (κ1) is 13.9. The predicted octanol–water partition coefficient (Wildman–Crippen LogP) is 1.67. The molecule has 2 aliphatic rings. The summed E-state index contributed by atoms with van der Waals surface area (Å²) in [6.45, 7) is 2.95. The van der Waals surface area contributed by atoms with Gasteiger partial charge in [0.1, 0.15) is 11.8 Å². The standard InChI is InChI=1S/C16H20N2O3/c1-11-15(19)18(13-4-3-5-14(10-13)21-2)9-8-17(11)16(20)12-6-7-12/h3-5,10-12H,6-9H2,1-2H3/t11-/m0/s1. The number of nitrogens with zero attached hydrogens (tertiary/aromatic N) is 2. The summed E-state index contributed by atoms with van der Waals surface area (Å²) >= 11 is 0. The van der Waals surface area contributed by atoms with Gasteiger partial charge in [0.25, 0.3) is 0 Å². The SMILES string of the molecule is COc1cccc(N2CCN(C(=O)C3CC3)[C@@H](C)C2=O)c1. The summed E-state index contributed by atoms with van der Waals surface area (Å²) in [5, 5.41) is 0. The van der Waals surface area contributed by atoms with Crippen molar-refractivity contribution in [3.63, 3.8) is 0 Å². The van der Waals surface area contributed by atoms with E-state index < -0.39 is 6.04 Å². The van der Waals surface area contributed by atoms with Gasteiger partial charge in [-0.15, -0.1) is 0 Å². The van der Waals surface area contributed by atoms with E-state index >= 15 is 0 Å². The number of ether oxygens (including phenoxy) is 1. The second-order valence-corrected chi connectivity index (χ2v) is 5.67. The van der Waals surface area contributed by atoms with Crippen LogP contribution >= 0.6 is 0 Å². The molecule has 0 N–H and O–H groups in total. The molecule has 1 atom stereocenters. The average molecular weight is 288 g/mol. The van der Waals surface area contributed by atoms with Gasteiger partial charge in [0.2, 0.25) is 11.8 Å². The van der Waals surface area contributed by atoms with Gasteiger partial charge in [-0.3, -0.25) is 9.59 Å². The summed E-state index contributed by atoms with van der Waals surface area (Å²) < 4.78 is 5.20. The van der Waals surface area contributed by atoms with Crippen LogP contribution in [0.25, 0.3) is 0 Å². The van der Waals surface area contributed by atoms with Crippen molar-refractivity contribution < 1.29 is 14.3 Å². The maximum atomic E-state index is 12.6. The van der Waals surface area contributed by atoms with Gasteiger partial charge < -0.3 is 14.5 Å². The van der Waals surface area contributed by atoms with Crippen LogP contribution in [0.3, 0.4) is 0 Å². The van der Waals surface area contributed by atoms with Crippen molar-refractivity contribution in [1.29, 1.82) is 0 Å². The van der Waals surface area contributed by atoms with E-state index in [0.717, 1.165) is 24.3 Å². The molecule has 0 radical (unpaired) electrons. The minimum Gasteiger partial charge on any atom is -0.497 e. The molecule has 5 heteroatoms. The third kappa shape index (κ3) is 2.60. The van der Waals surface area contributed by atoms with Crippen molar-refractivity contribution in [3.8, 4) is 5.75 Å². The lowest BCUT2D eigenvalue weighted by Crippen LogP contribution is -2.58. The molecule has 5 nitrogen and oxygen atoms in total. The number of amides is 2. The largest absolute Gasteiger partial charge is 0.497 e. The van der Waals surface area contributed by atoms with Crippen LogP contribution in [0.2, 0.25) is 0 Å². The Morgan fingerprint density at radius 3 is 2.71 bits per heavy atom. The molecule has 2 fully saturated rings. The molecule has 0 aromatic heterocycles. The molecule has 1 aromatic rings. The highest BCUT2D eigenvalue weighted by atomic mass is 16.5. The average Bonchev–Trinajstić information content (AvgIpc) is 3.34. The summed E-state index contributed by atoms with van der Waals surface area (Å²) in [7, 11) is 1.61. The van der Waals surface area contributed by atoms with Crippen LogP contribution in [0.15, 0.2) is 24.3 Å². The molecular weight excluding hydrogens is 268 g/mol. The van der Waals surface area contributed by atoms with E-state index in [9.17, 15) is 9.59 Å². The molecule has 1 saturated heterocycles. The van der Waals surface area contributed by atoms with Gasteiger partial charge >= 0.3 is 0 Å². The Hall–Kier alpha value is -2.04. The van der Waals surface area contributed by atoms with Gasteiger partial charge in [-0.05, 0) is 31.9 Å². The monoisotopic (exact) mass is 288 g/mol. The van der Waals surface area contributed by atoms with Crippen molar-refractivity contribution in [2.24, 2.45) is 5.92 Å². The Bertz CT molecular complexity index is 568. The summed E-state index contributed by atoms with van der Waals surface area (Å²) in [5.41, 5.74) is 0.824. The molecule has 1 aliphatic carbocycles. The molecule has 112 valence electrons. The summed E-state index contributed by atoms with van der Waals surface area (Å²) in [5.74, 6) is 0.998. The Balaban J connectivity index is 1.77. The second kappa shape index (κ2) is 5.39. The van der Waals surface area contributed by atoms with E-state index in [1.54, 1.807) is 16.9 Å². The zero-order chi connectivity index (χ0) is 15.0. The number of carbonyl (C=O) groups is 2. The molecule has 1 aromatic carbocycles. The first-order valence-corrected chi connectivity index (χ1v) is 7.37. The number of hydrogen-bond acceptors (Lipinski definition) is 3. The molecule has 3 rings (SSSR count). The molecule has 0 spiro atoms. The van der Waals surface area contributed by atoms with E-state index in [1.807, 2.05) is 31.2 Å². The fourth-order valence-electron chi connectivity index (χ4n) is 2.77. The summed E-state index contributed by atoms with van der Waals surface area (Å²) in [6, 6.07) is 7.07. The maximum absolute atomic E-state index is 12.6. The number of benzene rings is 1. The highest BCUT2D eigenvalue weighted by Crippen LogP contribution is 2.33. The highest BCUT2D eigenvalue weighted by Gasteiger charge is 2.40. The molecular formula is C16H20N2O3. The lowest BCUT2D eigenvalue weighted by molar-refractivity contribution is -0.141. The van der Waals surface area contributed by atoms with E-state index in [0.29, 0.717) is 13.1 Å². The zero-order valence-corrected chi connectivity index (χ0v) is 12.4. The van der Waals surface area contributed by atoms with Gasteiger partial charge in [-0.1, -0.05) is 6.07 Å². The van der Waals surface area contributed by atoms with Crippen molar-refractivity contribution in [2.45, 2.75) is 25.8 Å². The van der Waals surface area contributed by atoms with E-state index in [4.69, 9.17) is 4.74 Å². The van der Waals surface area contributed by atoms with Crippen LogP contribution in [-0.2, 0) is 9.59 Å². The predicted molar refractivity (Wildman–Crippen MR) is 79.2 cm³/mol. The fraction of sp³-hybridized carbons (Fsp3) is 0.500. The lowest BCUT2D eigenvalue weighted by atomic mass is 10.1. The smallest absolute Gasteiger partial charge is 0.249 e. The number of hydrogen-bond donors (Lipinski definition) is 0. The van der Waals surface area contributed by atoms with Gasteiger partial charge in [0.15, 0.2) is 0 Å². The number of rotatable bonds is 3. The molecule has 0 unspecified atom stereocenters. The minimum absolute atomic E-state index is 0.0245. The first-order valence-electron chi connectivity index (χ1n) is 7.37. The topological polar surface area (TPSA) is 49.9 Å². The first-order chi connectivity index (χ1) is 10.1. The minimum atomic E-state index is -0.391. The van der Waals surface area contributed by atoms with Crippen LogP contribution in [-0.4, -0.2) is 43.0 Å². The summed E-state index contributed by atoms with van der Waals surface area (Å²) in [6.07, 6.45) is 1.94. The van der Waals surface area contributed by atoms with Crippen molar-refractivity contribution >= 4 is 17.5 Å². The third-order valence-corrected chi connectivity index (χ3v) is 4.23. The lowest BCUT2D eigenvalue weighted by Gasteiger charge is -2.39. The zero-order valence-electron chi connectivity index (χ0n) is 12.4. The van der Waals surface area contributed by atoms with Crippen LogP contribution in [0.1, 0.15) is 19.8 Å². The normalized spacial score (nSPS) is 22.4. The molecule has 1 heterocycles. The molecule has 1 saturated carbocycles. The van der Waals surface area contributed by atoms with Crippen molar-refractivity contribution in [2.75, 3.05) is 25.1 Å². The number of carbonyl (C=O) groups excluding carboxylic acids is 2. The second-order valence-electron chi connectivity index (χ2n) is 5.67. The Labute approximate surface area is 124 Å².